The summed E-state index contributed by atoms with van der Waals surface area (Å²) in [5.41, 5.74) is 0.111. The normalized spacial score (nSPS) is 15.3. The topological polar surface area (TPSA) is 57.6 Å². The second-order valence-electron chi connectivity index (χ2n) is 4.25. The number of carboxylic acids is 1. The molecule has 1 fully saturated rings. The molecule has 1 aliphatic heterocycles. The lowest BCUT2D eigenvalue weighted by Gasteiger charge is -2.36. The van der Waals surface area contributed by atoms with E-state index in [2.05, 4.69) is 0 Å². The second kappa shape index (κ2) is 4.72. The van der Waals surface area contributed by atoms with Crippen LogP contribution in [0.4, 0.5) is 8.78 Å². The monoisotopic (exact) mass is 255 g/mol. The number of halogens is 2. The Morgan fingerprint density at radius 1 is 1.33 bits per heavy atom. The van der Waals surface area contributed by atoms with E-state index in [0.29, 0.717) is 0 Å². The molecule has 0 saturated carbocycles. The number of benzene rings is 1. The molecule has 1 aliphatic rings. The predicted octanol–water partition coefficient (Wildman–Crippen LogP) is 1.05. The van der Waals surface area contributed by atoms with Crippen molar-refractivity contribution in [2.75, 3.05) is 13.1 Å². The van der Waals surface area contributed by atoms with Crippen LogP contribution in [0.1, 0.15) is 5.56 Å². The van der Waals surface area contributed by atoms with Crippen LogP contribution in [-0.2, 0) is 16.0 Å². The lowest BCUT2D eigenvalue weighted by molar-refractivity contribution is -0.152. The Morgan fingerprint density at radius 2 is 2.00 bits per heavy atom. The fraction of sp³-hybridized carbons (Fsp3) is 0.333. The number of rotatable bonds is 3. The van der Waals surface area contributed by atoms with Crippen LogP contribution in [0.15, 0.2) is 18.2 Å². The number of aliphatic carboxylic acids is 1. The van der Waals surface area contributed by atoms with Crippen molar-refractivity contribution in [2.24, 2.45) is 5.92 Å². The van der Waals surface area contributed by atoms with Gasteiger partial charge in [0.2, 0.25) is 5.91 Å². The Kier molecular flexibility index (Phi) is 3.27. The van der Waals surface area contributed by atoms with Crippen LogP contribution in [0.3, 0.4) is 0 Å². The highest BCUT2D eigenvalue weighted by molar-refractivity contribution is 5.82. The first-order chi connectivity index (χ1) is 8.47. The van der Waals surface area contributed by atoms with Crippen molar-refractivity contribution in [3.05, 3.63) is 35.4 Å². The first-order valence-electron chi connectivity index (χ1n) is 5.42. The highest BCUT2D eigenvalue weighted by Gasteiger charge is 2.35. The minimum Gasteiger partial charge on any atom is -0.481 e. The number of amides is 1. The number of carboxylic acid groups (broad SMARTS) is 1. The summed E-state index contributed by atoms with van der Waals surface area (Å²) in [7, 11) is 0. The zero-order valence-electron chi connectivity index (χ0n) is 9.40. The zero-order chi connectivity index (χ0) is 13.3. The van der Waals surface area contributed by atoms with E-state index in [1.807, 2.05) is 0 Å². The van der Waals surface area contributed by atoms with Gasteiger partial charge in [0.1, 0.15) is 11.6 Å². The van der Waals surface area contributed by atoms with Crippen LogP contribution in [0.5, 0.6) is 0 Å². The molecule has 0 bridgehead atoms. The van der Waals surface area contributed by atoms with E-state index in [1.54, 1.807) is 0 Å². The third-order valence-electron chi connectivity index (χ3n) is 2.94. The second-order valence-corrected chi connectivity index (χ2v) is 4.25. The molecule has 96 valence electrons. The van der Waals surface area contributed by atoms with Gasteiger partial charge in [0.25, 0.3) is 0 Å². The Labute approximate surface area is 102 Å². The van der Waals surface area contributed by atoms with Gasteiger partial charge in [-0.1, -0.05) is 6.07 Å². The summed E-state index contributed by atoms with van der Waals surface area (Å²) >= 11 is 0. The number of hydrogen-bond acceptors (Lipinski definition) is 2. The molecule has 1 heterocycles. The summed E-state index contributed by atoms with van der Waals surface area (Å²) in [6.45, 7) is 0.300. The van der Waals surface area contributed by atoms with Gasteiger partial charge in [-0.2, -0.15) is 0 Å². The quantitative estimate of drug-likeness (QED) is 0.878. The molecule has 0 spiro atoms. The molecule has 1 N–H and O–H groups in total. The van der Waals surface area contributed by atoms with Crippen molar-refractivity contribution in [1.29, 1.82) is 0 Å². The summed E-state index contributed by atoms with van der Waals surface area (Å²) in [5, 5.41) is 8.66. The van der Waals surface area contributed by atoms with E-state index in [0.717, 1.165) is 12.1 Å². The minimum atomic E-state index is -0.938. The van der Waals surface area contributed by atoms with Crippen LogP contribution < -0.4 is 0 Å². The molecule has 6 heteroatoms. The number of carbonyl (C=O) groups is 2. The molecule has 0 unspecified atom stereocenters. The van der Waals surface area contributed by atoms with Crippen LogP contribution in [0, 0.1) is 17.6 Å². The summed E-state index contributed by atoms with van der Waals surface area (Å²) in [5.74, 6) is -3.28. The van der Waals surface area contributed by atoms with Gasteiger partial charge in [0.05, 0.1) is 12.3 Å². The largest absolute Gasteiger partial charge is 0.481 e. The maximum Gasteiger partial charge on any atom is 0.310 e. The highest BCUT2D eigenvalue weighted by atomic mass is 19.1. The smallest absolute Gasteiger partial charge is 0.310 e. The Balaban J connectivity index is 1.94. The highest BCUT2D eigenvalue weighted by Crippen LogP contribution is 2.18. The summed E-state index contributed by atoms with van der Waals surface area (Å²) in [6, 6.07) is 3.03. The van der Waals surface area contributed by atoms with E-state index < -0.39 is 23.5 Å². The molecular weight excluding hydrogens is 244 g/mol. The molecule has 1 amide bonds. The summed E-state index contributed by atoms with van der Waals surface area (Å²) in [4.78, 5) is 23.6. The Hall–Kier alpha value is -1.98. The molecule has 0 aliphatic carbocycles. The fourth-order valence-electron chi connectivity index (χ4n) is 1.78. The summed E-state index contributed by atoms with van der Waals surface area (Å²) in [6.07, 6.45) is -0.182. The molecular formula is C12H11F2NO3. The van der Waals surface area contributed by atoms with Crippen LogP contribution >= 0.6 is 0 Å². The standard InChI is InChI=1S/C12H11F2NO3/c13-9-2-1-7(10(14)4-9)3-11(16)15-5-8(6-15)12(17)18/h1-2,4,8H,3,5-6H2,(H,17,18). The first-order valence-corrected chi connectivity index (χ1v) is 5.42. The Morgan fingerprint density at radius 3 is 2.56 bits per heavy atom. The molecule has 1 saturated heterocycles. The van der Waals surface area contributed by atoms with E-state index in [4.69, 9.17) is 5.11 Å². The van der Waals surface area contributed by atoms with Gasteiger partial charge in [0, 0.05) is 19.2 Å². The van der Waals surface area contributed by atoms with Crippen molar-refractivity contribution >= 4 is 11.9 Å². The van der Waals surface area contributed by atoms with Gasteiger partial charge >= 0.3 is 5.97 Å². The van der Waals surface area contributed by atoms with E-state index in [1.165, 1.54) is 11.0 Å². The van der Waals surface area contributed by atoms with Gasteiger partial charge in [-0.3, -0.25) is 9.59 Å². The molecule has 0 aromatic heterocycles. The molecule has 18 heavy (non-hydrogen) atoms. The van der Waals surface area contributed by atoms with Crippen molar-refractivity contribution < 1.29 is 23.5 Å². The zero-order valence-corrected chi connectivity index (χ0v) is 9.40. The van der Waals surface area contributed by atoms with E-state index >= 15 is 0 Å². The molecule has 0 radical (unpaired) electrons. The lowest BCUT2D eigenvalue weighted by Crippen LogP contribution is -2.53. The van der Waals surface area contributed by atoms with Crippen molar-refractivity contribution in [1.82, 2.24) is 4.90 Å². The molecule has 1 aromatic rings. The van der Waals surface area contributed by atoms with E-state index in [9.17, 15) is 18.4 Å². The van der Waals surface area contributed by atoms with Gasteiger partial charge in [0.15, 0.2) is 0 Å². The molecule has 1 aromatic carbocycles. The fourth-order valence-corrected chi connectivity index (χ4v) is 1.78. The van der Waals surface area contributed by atoms with Gasteiger partial charge in [-0.15, -0.1) is 0 Å². The average molecular weight is 255 g/mol. The average Bonchev–Trinajstić information content (AvgIpc) is 2.19. The third kappa shape index (κ3) is 2.47. The van der Waals surface area contributed by atoms with Crippen molar-refractivity contribution in [3.8, 4) is 0 Å². The minimum absolute atomic E-state index is 0.111. The number of carbonyl (C=O) groups excluding carboxylic acids is 1. The number of hydrogen-bond donors (Lipinski definition) is 1. The van der Waals surface area contributed by atoms with Crippen molar-refractivity contribution in [2.45, 2.75) is 6.42 Å². The van der Waals surface area contributed by atoms with Gasteiger partial charge in [-0.25, -0.2) is 8.78 Å². The van der Waals surface area contributed by atoms with Crippen LogP contribution in [-0.4, -0.2) is 35.0 Å². The predicted molar refractivity (Wildman–Crippen MR) is 57.8 cm³/mol. The van der Waals surface area contributed by atoms with Crippen LogP contribution in [0.2, 0.25) is 0 Å². The lowest BCUT2D eigenvalue weighted by atomic mass is 9.99. The Bertz CT molecular complexity index is 498. The van der Waals surface area contributed by atoms with Crippen LogP contribution in [0.25, 0.3) is 0 Å². The maximum atomic E-state index is 13.3. The van der Waals surface area contributed by atoms with Gasteiger partial charge in [-0.05, 0) is 11.6 Å². The maximum absolute atomic E-state index is 13.3. The first kappa shape index (κ1) is 12.5. The third-order valence-corrected chi connectivity index (χ3v) is 2.94. The molecule has 2 rings (SSSR count). The molecule has 0 atom stereocenters. The molecule has 4 nitrogen and oxygen atoms in total. The van der Waals surface area contributed by atoms with Gasteiger partial charge < -0.3 is 10.0 Å². The number of nitrogens with zero attached hydrogens (tertiary/aromatic N) is 1. The summed E-state index contributed by atoms with van der Waals surface area (Å²) < 4.78 is 26.0. The SMILES string of the molecule is O=C(O)C1CN(C(=O)Cc2ccc(F)cc2F)C1. The number of likely N-dealkylation sites (tertiary alicyclic amines) is 1. The van der Waals surface area contributed by atoms with E-state index in [-0.39, 0.29) is 31.0 Å². The van der Waals surface area contributed by atoms with Crippen molar-refractivity contribution in [3.63, 3.8) is 0 Å².